The van der Waals surface area contributed by atoms with E-state index in [0.29, 0.717) is 6.42 Å². The molecule has 190 valence electrons. The van der Waals surface area contributed by atoms with Gasteiger partial charge >= 0.3 is 5.97 Å². The molecule has 4 amide bonds. The molecule has 0 saturated heterocycles. The van der Waals surface area contributed by atoms with Crippen LogP contribution in [0.1, 0.15) is 54.4 Å². The van der Waals surface area contributed by atoms with Crippen molar-refractivity contribution in [3.63, 3.8) is 0 Å². The summed E-state index contributed by atoms with van der Waals surface area (Å²) < 4.78 is 0. The van der Waals surface area contributed by atoms with Gasteiger partial charge in [-0.25, -0.2) is 4.79 Å². The van der Waals surface area contributed by atoms with Crippen molar-refractivity contribution in [1.29, 1.82) is 0 Å². The van der Waals surface area contributed by atoms with E-state index in [2.05, 4.69) is 21.3 Å². The molecule has 11 heteroatoms. The third kappa shape index (κ3) is 11.7. The van der Waals surface area contributed by atoms with Crippen molar-refractivity contribution in [2.45, 2.75) is 78.6 Å². The summed E-state index contributed by atoms with van der Waals surface area (Å²) in [5, 5.41) is 19.7. The number of carbonyl (C=O) groups excluding carboxylic acids is 4. The Morgan fingerprint density at radius 2 is 1.21 bits per heavy atom. The lowest BCUT2D eigenvalue weighted by Gasteiger charge is -2.27. The summed E-state index contributed by atoms with van der Waals surface area (Å²) in [5.41, 5.74) is 0. The van der Waals surface area contributed by atoms with Crippen LogP contribution in [-0.4, -0.2) is 84.4 Å². The number of nitrogens with zero attached hydrogens (tertiary/aromatic N) is 1. The second-order valence-corrected chi connectivity index (χ2v) is 9.21. The Morgan fingerprint density at radius 3 is 1.67 bits per heavy atom. The van der Waals surface area contributed by atoms with Crippen molar-refractivity contribution in [3.05, 3.63) is 0 Å². The zero-order chi connectivity index (χ0) is 25.9. The van der Waals surface area contributed by atoms with Crippen LogP contribution in [0.2, 0.25) is 0 Å². The molecule has 0 unspecified atom stereocenters. The van der Waals surface area contributed by atoms with E-state index in [0.717, 1.165) is 0 Å². The van der Waals surface area contributed by atoms with Gasteiger partial charge in [0.1, 0.15) is 18.1 Å². The number of carboxylic acids is 1. The lowest BCUT2D eigenvalue weighted by Crippen LogP contribution is -2.55. The van der Waals surface area contributed by atoms with E-state index >= 15 is 0 Å². The molecule has 0 fully saturated rings. The number of rotatable bonds is 14. The van der Waals surface area contributed by atoms with Crippen LogP contribution >= 0.6 is 0 Å². The SMILES string of the molecule is CN[C@@H](C)C(=O)N[C@@H](CC(C)C)C(=O)N(C)CC(=O)N[C@@H](C)C(=O)N[C@@H](CC(C)C)C(=O)O. The number of carboxylic acid groups (broad SMARTS) is 1. The van der Waals surface area contributed by atoms with Crippen LogP contribution in [0, 0.1) is 11.8 Å². The van der Waals surface area contributed by atoms with Crippen molar-refractivity contribution in [2.75, 3.05) is 20.6 Å². The molecule has 0 aromatic rings. The fourth-order valence-corrected chi connectivity index (χ4v) is 3.02. The molecule has 5 N–H and O–H groups in total. The van der Waals surface area contributed by atoms with Gasteiger partial charge < -0.3 is 31.3 Å². The number of likely N-dealkylation sites (N-methyl/N-ethyl adjacent to an activating group) is 2. The molecule has 4 atom stereocenters. The molecule has 0 aliphatic rings. The summed E-state index contributed by atoms with van der Waals surface area (Å²) in [4.78, 5) is 62.3. The number of nitrogens with one attached hydrogen (secondary N) is 4. The van der Waals surface area contributed by atoms with Crippen LogP contribution in [0.5, 0.6) is 0 Å². The predicted molar refractivity (Wildman–Crippen MR) is 124 cm³/mol. The normalized spacial score (nSPS) is 14.7. The second-order valence-electron chi connectivity index (χ2n) is 9.21. The number of aliphatic carboxylic acids is 1. The first-order valence-electron chi connectivity index (χ1n) is 11.2. The topological polar surface area (TPSA) is 157 Å². The second kappa shape index (κ2) is 14.5. The molecule has 0 rings (SSSR count). The van der Waals surface area contributed by atoms with Gasteiger partial charge in [0.05, 0.1) is 12.6 Å². The lowest BCUT2D eigenvalue weighted by molar-refractivity contribution is -0.143. The quantitative estimate of drug-likeness (QED) is 0.233. The van der Waals surface area contributed by atoms with Crippen LogP contribution in [0.4, 0.5) is 0 Å². The molecular weight excluding hydrogens is 430 g/mol. The van der Waals surface area contributed by atoms with Crippen molar-refractivity contribution < 1.29 is 29.1 Å². The van der Waals surface area contributed by atoms with E-state index in [4.69, 9.17) is 0 Å². The molecule has 11 nitrogen and oxygen atoms in total. The number of carbonyl (C=O) groups is 5. The van der Waals surface area contributed by atoms with Crippen molar-refractivity contribution >= 4 is 29.6 Å². The van der Waals surface area contributed by atoms with Gasteiger partial charge in [0.25, 0.3) is 0 Å². The van der Waals surface area contributed by atoms with Gasteiger partial charge in [0.2, 0.25) is 23.6 Å². The van der Waals surface area contributed by atoms with Crippen molar-refractivity contribution in [1.82, 2.24) is 26.2 Å². The minimum atomic E-state index is -1.15. The molecule has 0 aliphatic heterocycles. The van der Waals surface area contributed by atoms with Gasteiger partial charge in [0.15, 0.2) is 0 Å². The van der Waals surface area contributed by atoms with Crippen LogP contribution < -0.4 is 21.3 Å². The van der Waals surface area contributed by atoms with Crippen molar-refractivity contribution in [2.24, 2.45) is 11.8 Å². The molecule has 0 aromatic heterocycles. The maximum absolute atomic E-state index is 12.9. The van der Waals surface area contributed by atoms with Crippen molar-refractivity contribution in [3.8, 4) is 0 Å². The average molecular weight is 472 g/mol. The number of hydrogen-bond acceptors (Lipinski definition) is 6. The highest BCUT2D eigenvalue weighted by Gasteiger charge is 2.28. The van der Waals surface area contributed by atoms with Gasteiger partial charge in [-0.15, -0.1) is 0 Å². The summed E-state index contributed by atoms with van der Waals surface area (Å²) in [5.74, 6) is -2.91. The van der Waals surface area contributed by atoms with Crippen LogP contribution in [0.25, 0.3) is 0 Å². The summed E-state index contributed by atoms with van der Waals surface area (Å²) in [6, 6.07) is -3.32. The molecule has 0 bridgehead atoms. The summed E-state index contributed by atoms with van der Waals surface area (Å²) in [6.45, 7) is 10.3. The van der Waals surface area contributed by atoms with Gasteiger partial charge in [-0.05, 0) is 45.6 Å². The zero-order valence-electron chi connectivity index (χ0n) is 21.0. The molecule has 0 saturated carbocycles. The fraction of sp³-hybridized carbons (Fsp3) is 0.773. The van der Waals surface area contributed by atoms with Crippen LogP contribution in [-0.2, 0) is 24.0 Å². The summed E-state index contributed by atoms with van der Waals surface area (Å²) in [7, 11) is 3.08. The van der Waals surface area contributed by atoms with E-state index in [1.54, 1.807) is 14.0 Å². The molecule has 0 heterocycles. The Kier molecular flexibility index (Phi) is 13.3. The highest BCUT2D eigenvalue weighted by Crippen LogP contribution is 2.08. The van der Waals surface area contributed by atoms with Gasteiger partial charge in [-0.1, -0.05) is 27.7 Å². The maximum atomic E-state index is 12.9. The highest BCUT2D eigenvalue weighted by molar-refractivity contribution is 5.93. The molecular formula is C22H41N5O6. The highest BCUT2D eigenvalue weighted by atomic mass is 16.4. The first-order chi connectivity index (χ1) is 15.2. The Hall–Kier alpha value is -2.69. The Bertz CT molecular complexity index is 697. The van der Waals surface area contributed by atoms with E-state index in [9.17, 15) is 29.1 Å². The molecule has 33 heavy (non-hydrogen) atoms. The maximum Gasteiger partial charge on any atom is 0.326 e. The minimum Gasteiger partial charge on any atom is -0.480 e. The van der Waals surface area contributed by atoms with E-state index in [1.165, 1.54) is 18.9 Å². The monoisotopic (exact) mass is 471 g/mol. The zero-order valence-corrected chi connectivity index (χ0v) is 21.0. The van der Waals surface area contributed by atoms with E-state index in [1.807, 2.05) is 27.7 Å². The van der Waals surface area contributed by atoms with Gasteiger partial charge in [-0.3, -0.25) is 19.2 Å². The Balaban J connectivity index is 5.00. The van der Waals surface area contributed by atoms with Crippen LogP contribution in [0.15, 0.2) is 0 Å². The smallest absolute Gasteiger partial charge is 0.326 e. The first kappa shape index (κ1) is 30.3. The third-order valence-electron chi connectivity index (χ3n) is 5.00. The van der Waals surface area contributed by atoms with E-state index in [-0.39, 0.29) is 30.7 Å². The average Bonchev–Trinajstić information content (AvgIpc) is 2.70. The number of amides is 4. The Labute approximate surface area is 196 Å². The summed E-state index contributed by atoms with van der Waals surface area (Å²) >= 11 is 0. The van der Waals surface area contributed by atoms with Crippen LogP contribution in [0.3, 0.4) is 0 Å². The first-order valence-corrected chi connectivity index (χ1v) is 11.2. The Morgan fingerprint density at radius 1 is 0.758 bits per heavy atom. The fourth-order valence-electron chi connectivity index (χ4n) is 3.02. The minimum absolute atomic E-state index is 0.0614. The molecule has 0 aromatic carbocycles. The molecule has 0 spiro atoms. The molecule has 0 radical (unpaired) electrons. The molecule has 0 aliphatic carbocycles. The number of hydrogen-bond donors (Lipinski definition) is 5. The van der Waals surface area contributed by atoms with Gasteiger partial charge in [0, 0.05) is 7.05 Å². The predicted octanol–water partition coefficient (Wildman–Crippen LogP) is -0.296. The lowest BCUT2D eigenvalue weighted by atomic mass is 10.0. The van der Waals surface area contributed by atoms with Gasteiger partial charge in [-0.2, -0.15) is 0 Å². The third-order valence-corrected chi connectivity index (χ3v) is 5.00. The van der Waals surface area contributed by atoms with E-state index < -0.39 is 47.9 Å². The largest absolute Gasteiger partial charge is 0.480 e. The standard InChI is InChI=1S/C22H41N5O6/c1-12(2)9-16(25-19(29)14(5)23-7)21(31)27(8)11-18(28)24-15(6)20(30)26-17(22(32)33)10-13(3)4/h12-17,23H,9-11H2,1-8H3,(H,24,28)(H,25,29)(H,26,30)(H,32,33)/t14-,15-,16-,17-/m0/s1. The summed E-state index contributed by atoms with van der Waals surface area (Å²) in [6.07, 6.45) is 0.659.